The highest BCUT2D eigenvalue weighted by molar-refractivity contribution is 6.31. The maximum Gasteiger partial charge on any atom is 0.170 e. The molecule has 3 rings (SSSR count). The number of hydrogen-bond donors (Lipinski definition) is 0. The average Bonchev–Trinajstić information content (AvgIpc) is 2.42. The number of Topliss-reactive ketones (excluding diaryl/α,β-unsaturated/α-hetero) is 1. The zero-order chi connectivity index (χ0) is 14.3. The first-order valence-corrected chi connectivity index (χ1v) is 6.99. The third-order valence-electron chi connectivity index (χ3n) is 3.88. The average molecular weight is 287 g/mol. The van der Waals surface area contributed by atoms with Gasteiger partial charge < -0.3 is 4.74 Å². The van der Waals surface area contributed by atoms with Crippen LogP contribution < -0.4 is 4.74 Å². The zero-order valence-corrected chi connectivity index (χ0v) is 12.2. The van der Waals surface area contributed by atoms with Crippen molar-refractivity contribution in [2.45, 2.75) is 26.4 Å². The second-order valence-electron chi connectivity index (χ2n) is 5.16. The van der Waals surface area contributed by atoms with Crippen LogP contribution >= 0.6 is 11.6 Å². The third kappa shape index (κ3) is 2.20. The molecule has 1 unspecified atom stereocenters. The lowest BCUT2D eigenvalue weighted by Crippen LogP contribution is -2.21. The van der Waals surface area contributed by atoms with Crippen LogP contribution in [-0.2, 0) is 0 Å². The van der Waals surface area contributed by atoms with Gasteiger partial charge in [-0.05, 0) is 48.7 Å². The van der Waals surface area contributed by atoms with Crippen LogP contribution in [0.3, 0.4) is 0 Å². The van der Waals surface area contributed by atoms with E-state index in [4.69, 9.17) is 16.3 Å². The van der Waals surface area contributed by atoms with Crippen LogP contribution in [0.25, 0.3) is 0 Å². The van der Waals surface area contributed by atoms with Gasteiger partial charge >= 0.3 is 0 Å². The molecule has 2 aromatic rings. The molecule has 0 bridgehead atoms. The highest BCUT2D eigenvalue weighted by Crippen LogP contribution is 2.37. The summed E-state index contributed by atoms with van der Waals surface area (Å²) in [7, 11) is 0. The first kappa shape index (κ1) is 13.2. The molecule has 0 spiro atoms. The van der Waals surface area contributed by atoms with E-state index in [9.17, 15) is 4.79 Å². The zero-order valence-electron chi connectivity index (χ0n) is 11.4. The van der Waals surface area contributed by atoms with Gasteiger partial charge in [-0.15, -0.1) is 0 Å². The van der Waals surface area contributed by atoms with E-state index in [0.29, 0.717) is 22.8 Å². The number of benzene rings is 2. The van der Waals surface area contributed by atoms with Crippen molar-refractivity contribution in [1.29, 1.82) is 0 Å². The number of rotatable bonds is 1. The summed E-state index contributed by atoms with van der Waals surface area (Å²) in [5.41, 5.74) is 4.06. The lowest BCUT2D eigenvalue weighted by atomic mass is 9.92. The van der Waals surface area contributed by atoms with Crippen molar-refractivity contribution in [3.63, 3.8) is 0 Å². The van der Waals surface area contributed by atoms with E-state index in [1.807, 2.05) is 12.1 Å². The van der Waals surface area contributed by atoms with Gasteiger partial charge in [0, 0.05) is 5.02 Å². The SMILES string of the molecule is Cc1cccc(C2CC(=O)c3cc(Cl)ccc3O2)c1C. The monoisotopic (exact) mass is 286 g/mol. The Labute approximate surface area is 123 Å². The molecule has 102 valence electrons. The van der Waals surface area contributed by atoms with E-state index in [0.717, 1.165) is 5.56 Å². The van der Waals surface area contributed by atoms with E-state index >= 15 is 0 Å². The predicted octanol–water partition coefficient (Wildman–Crippen LogP) is 4.66. The maximum atomic E-state index is 12.3. The summed E-state index contributed by atoms with van der Waals surface area (Å²) in [4.78, 5) is 12.3. The smallest absolute Gasteiger partial charge is 0.170 e. The number of aryl methyl sites for hydroxylation is 1. The van der Waals surface area contributed by atoms with Gasteiger partial charge in [0.25, 0.3) is 0 Å². The molecule has 0 aromatic heterocycles. The number of ketones is 1. The molecule has 0 saturated carbocycles. The Hall–Kier alpha value is -1.80. The molecule has 0 saturated heterocycles. The van der Waals surface area contributed by atoms with Crippen molar-refractivity contribution in [1.82, 2.24) is 0 Å². The summed E-state index contributed by atoms with van der Waals surface area (Å²) in [5.74, 6) is 0.705. The van der Waals surface area contributed by atoms with Crippen LogP contribution in [0.15, 0.2) is 36.4 Å². The van der Waals surface area contributed by atoms with Crippen LogP contribution in [0, 0.1) is 13.8 Å². The predicted molar refractivity (Wildman–Crippen MR) is 79.7 cm³/mol. The maximum absolute atomic E-state index is 12.3. The van der Waals surface area contributed by atoms with Crippen molar-refractivity contribution in [2.75, 3.05) is 0 Å². The van der Waals surface area contributed by atoms with Crippen LogP contribution in [0.5, 0.6) is 5.75 Å². The largest absolute Gasteiger partial charge is 0.484 e. The molecule has 1 aliphatic rings. The summed E-state index contributed by atoms with van der Waals surface area (Å²) in [5, 5.41) is 0.561. The van der Waals surface area contributed by atoms with E-state index < -0.39 is 0 Å². The van der Waals surface area contributed by atoms with E-state index in [2.05, 4.69) is 19.9 Å². The first-order chi connectivity index (χ1) is 9.56. The van der Waals surface area contributed by atoms with E-state index in [1.165, 1.54) is 11.1 Å². The van der Waals surface area contributed by atoms with Crippen LogP contribution in [0.2, 0.25) is 5.02 Å². The number of fused-ring (bicyclic) bond motifs is 1. The Bertz CT molecular complexity index is 691. The molecule has 3 heteroatoms. The molecule has 20 heavy (non-hydrogen) atoms. The molecule has 0 aliphatic carbocycles. The number of ether oxygens (including phenoxy) is 1. The van der Waals surface area contributed by atoms with Crippen LogP contribution in [-0.4, -0.2) is 5.78 Å². The number of carbonyl (C=O) groups is 1. The van der Waals surface area contributed by atoms with Gasteiger partial charge in [-0.1, -0.05) is 29.8 Å². The molecular weight excluding hydrogens is 272 g/mol. The fourth-order valence-corrected chi connectivity index (χ4v) is 2.76. The lowest BCUT2D eigenvalue weighted by Gasteiger charge is -2.27. The summed E-state index contributed by atoms with van der Waals surface area (Å²) in [6, 6.07) is 11.3. The van der Waals surface area contributed by atoms with E-state index in [-0.39, 0.29) is 11.9 Å². The lowest BCUT2D eigenvalue weighted by molar-refractivity contribution is 0.0849. The molecule has 2 aromatic carbocycles. The van der Waals surface area contributed by atoms with Crippen molar-refractivity contribution in [3.8, 4) is 5.75 Å². The Balaban J connectivity index is 2.01. The third-order valence-corrected chi connectivity index (χ3v) is 4.11. The molecule has 1 heterocycles. The van der Waals surface area contributed by atoms with Gasteiger partial charge in [0.15, 0.2) is 5.78 Å². The molecule has 1 atom stereocenters. The number of hydrogen-bond acceptors (Lipinski definition) is 2. The fourth-order valence-electron chi connectivity index (χ4n) is 2.59. The highest BCUT2D eigenvalue weighted by atomic mass is 35.5. The van der Waals surface area contributed by atoms with E-state index in [1.54, 1.807) is 18.2 Å². The number of halogens is 1. The molecule has 0 N–H and O–H groups in total. The molecular formula is C17H15ClO2. The Morgan fingerprint density at radius 3 is 2.80 bits per heavy atom. The second kappa shape index (κ2) is 4.95. The summed E-state index contributed by atoms with van der Waals surface area (Å²) >= 11 is 5.93. The first-order valence-electron chi connectivity index (χ1n) is 6.62. The minimum atomic E-state index is -0.212. The van der Waals surface area contributed by atoms with Gasteiger partial charge in [-0.2, -0.15) is 0 Å². The Morgan fingerprint density at radius 1 is 1.20 bits per heavy atom. The molecule has 1 aliphatic heterocycles. The minimum Gasteiger partial charge on any atom is -0.484 e. The van der Waals surface area contributed by atoms with Crippen LogP contribution in [0.4, 0.5) is 0 Å². The Kier molecular flexibility index (Phi) is 3.27. The van der Waals surface area contributed by atoms with Gasteiger partial charge in [-0.25, -0.2) is 0 Å². The van der Waals surface area contributed by atoms with Gasteiger partial charge in [0.1, 0.15) is 11.9 Å². The van der Waals surface area contributed by atoms with Crippen molar-refractivity contribution in [2.24, 2.45) is 0 Å². The Morgan fingerprint density at radius 2 is 2.00 bits per heavy atom. The standard InChI is InChI=1S/C17H15ClO2/c1-10-4-3-5-13(11(10)2)17-9-15(19)14-8-12(18)6-7-16(14)20-17/h3-8,17H,9H2,1-2H3. The van der Waals surface area contributed by atoms with Gasteiger partial charge in [0.05, 0.1) is 12.0 Å². The van der Waals surface area contributed by atoms with Crippen molar-refractivity contribution >= 4 is 17.4 Å². The second-order valence-corrected chi connectivity index (χ2v) is 5.60. The fraction of sp³-hybridized carbons (Fsp3) is 0.235. The van der Waals surface area contributed by atoms with Crippen LogP contribution in [0.1, 0.15) is 39.6 Å². The van der Waals surface area contributed by atoms with Crippen molar-refractivity contribution < 1.29 is 9.53 Å². The normalized spacial score (nSPS) is 17.6. The molecule has 0 amide bonds. The quantitative estimate of drug-likeness (QED) is 0.762. The molecule has 0 fully saturated rings. The van der Waals surface area contributed by atoms with Crippen molar-refractivity contribution in [3.05, 3.63) is 63.7 Å². The minimum absolute atomic E-state index is 0.0830. The van der Waals surface area contributed by atoms with Gasteiger partial charge in [0.2, 0.25) is 0 Å². The van der Waals surface area contributed by atoms with Gasteiger partial charge in [-0.3, -0.25) is 4.79 Å². The number of carbonyl (C=O) groups excluding carboxylic acids is 1. The summed E-state index contributed by atoms with van der Waals surface area (Å²) in [6.07, 6.45) is 0.147. The topological polar surface area (TPSA) is 26.3 Å². The summed E-state index contributed by atoms with van der Waals surface area (Å²) < 4.78 is 6.00. The highest BCUT2D eigenvalue weighted by Gasteiger charge is 2.28. The summed E-state index contributed by atoms with van der Waals surface area (Å²) in [6.45, 7) is 4.13. The molecule has 2 nitrogen and oxygen atoms in total. The molecule has 0 radical (unpaired) electrons.